The van der Waals surface area contributed by atoms with Crippen molar-refractivity contribution in [1.29, 1.82) is 0 Å². The van der Waals surface area contributed by atoms with Crippen LogP contribution in [0.5, 0.6) is 5.75 Å². The molecule has 0 bridgehead atoms. The van der Waals surface area contributed by atoms with E-state index in [9.17, 15) is 4.79 Å². The van der Waals surface area contributed by atoms with E-state index in [4.69, 9.17) is 14.5 Å². The molecule has 2 aliphatic rings. The van der Waals surface area contributed by atoms with E-state index < -0.39 is 0 Å². The Bertz CT molecular complexity index is 1060. The highest BCUT2D eigenvalue weighted by Gasteiger charge is 2.38. The van der Waals surface area contributed by atoms with Gasteiger partial charge in [0, 0.05) is 64.7 Å². The topological polar surface area (TPSA) is 86.3 Å². The van der Waals surface area contributed by atoms with Crippen molar-refractivity contribution in [3.63, 3.8) is 0 Å². The van der Waals surface area contributed by atoms with Crippen molar-refractivity contribution in [1.82, 2.24) is 14.9 Å². The Kier molecular flexibility index (Phi) is 8.15. The number of hydrogen-bond acceptors (Lipinski definition) is 9. The van der Waals surface area contributed by atoms with E-state index >= 15 is 0 Å². The summed E-state index contributed by atoms with van der Waals surface area (Å²) in [5.41, 5.74) is 2.64. The maximum Gasteiger partial charge on any atom is 0.249 e. The fourth-order valence-corrected chi connectivity index (χ4v) is 4.99. The second kappa shape index (κ2) is 11.3. The van der Waals surface area contributed by atoms with E-state index in [0.29, 0.717) is 12.4 Å². The van der Waals surface area contributed by atoms with Crippen LogP contribution < -0.4 is 24.8 Å². The van der Waals surface area contributed by atoms with E-state index in [-0.39, 0.29) is 18.0 Å². The molecule has 36 heavy (non-hydrogen) atoms. The first kappa shape index (κ1) is 26.0. The van der Waals surface area contributed by atoms with Gasteiger partial charge in [-0.2, -0.15) is 4.98 Å². The number of piperazine rings is 1. The Balaban J connectivity index is 1.54. The summed E-state index contributed by atoms with van der Waals surface area (Å²) in [5, 5.41) is 3.33. The molecule has 1 atom stereocenters. The van der Waals surface area contributed by atoms with Gasteiger partial charge < -0.3 is 29.5 Å². The first-order chi connectivity index (χ1) is 17.4. The van der Waals surface area contributed by atoms with Gasteiger partial charge in [0.25, 0.3) is 0 Å². The third-order valence-corrected chi connectivity index (χ3v) is 7.03. The number of ether oxygens (including phenoxy) is 2. The second-order valence-corrected chi connectivity index (χ2v) is 9.56. The molecule has 0 aliphatic carbocycles. The summed E-state index contributed by atoms with van der Waals surface area (Å²) in [6, 6.07) is 6.06. The van der Waals surface area contributed by atoms with Gasteiger partial charge >= 0.3 is 0 Å². The maximum atomic E-state index is 12.9. The van der Waals surface area contributed by atoms with E-state index in [2.05, 4.69) is 51.0 Å². The van der Waals surface area contributed by atoms with Crippen molar-refractivity contribution in [2.24, 2.45) is 0 Å². The average Bonchev–Trinajstić information content (AvgIpc) is 2.89. The predicted octanol–water partition coefficient (Wildman–Crippen LogP) is 2.97. The highest BCUT2D eigenvalue weighted by Crippen LogP contribution is 2.37. The van der Waals surface area contributed by atoms with Gasteiger partial charge in [-0.1, -0.05) is 6.92 Å². The number of fused-ring (bicyclic) bond motifs is 1. The molecule has 3 heterocycles. The van der Waals surface area contributed by atoms with E-state index in [1.807, 2.05) is 13.0 Å². The molecule has 196 valence electrons. The van der Waals surface area contributed by atoms with Gasteiger partial charge in [-0.25, -0.2) is 4.98 Å². The molecule has 1 aromatic heterocycles. The molecular weight excluding hydrogens is 458 g/mol. The number of aromatic nitrogens is 2. The van der Waals surface area contributed by atoms with E-state index in [1.54, 1.807) is 32.4 Å². The molecule has 4 rings (SSSR count). The van der Waals surface area contributed by atoms with Gasteiger partial charge in [0.2, 0.25) is 11.9 Å². The molecule has 2 aromatic rings. The lowest BCUT2D eigenvalue weighted by molar-refractivity contribution is -0.120. The smallest absolute Gasteiger partial charge is 0.249 e. The third-order valence-electron chi connectivity index (χ3n) is 7.03. The number of amides is 1. The van der Waals surface area contributed by atoms with Gasteiger partial charge in [0.1, 0.15) is 17.5 Å². The fourth-order valence-electron chi connectivity index (χ4n) is 4.99. The fraction of sp³-hybridized carbons (Fsp3) is 0.577. The Morgan fingerprint density at radius 2 is 1.92 bits per heavy atom. The molecule has 1 saturated heterocycles. The number of rotatable bonds is 9. The van der Waals surface area contributed by atoms with Crippen LogP contribution in [0.2, 0.25) is 0 Å². The minimum atomic E-state index is -0.242. The van der Waals surface area contributed by atoms with Gasteiger partial charge in [-0.05, 0) is 32.4 Å². The van der Waals surface area contributed by atoms with Crippen LogP contribution in [0.15, 0.2) is 24.4 Å². The van der Waals surface area contributed by atoms with Crippen molar-refractivity contribution in [3.05, 3.63) is 24.4 Å². The number of methoxy groups -OCH3 is 2. The van der Waals surface area contributed by atoms with Crippen LogP contribution in [0, 0.1) is 0 Å². The number of nitrogens with zero attached hydrogens (tertiary/aromatic N) is 6. The summed E-state index contributed by atoms with van der Waals surface area (Å²) >= 11 is 0. The van der Waals surface area contributed by atoms with Crippen LogP contribution in [0.1, 0.15) is 27.2 Å². The standard InChI is InChI=1S/C26H39N7O3/c1-7-21-25(34)30(4)22-17-27-26(29-24(22)33(21)18(2)3)28-20-9-8-19(16-23(20)36-6)32-12-10-31(11-13-32)14-15-35-5/h8-9,16-18,21H,7,10-15H2,1-6H3,(H,27,28,29)/t21-/m1/s1. The minimum Gasteiger partial charge on any atom is -0.494 e. The van der Waals surface area contributed by atoms with E-state index in [1.165, 1.54) is 0 Å². The Labute approximate surface area is 214 Å². The molecule has 0 saturated carbocycles. The lowest BCUT2D eigenvalue weighted by Crippen LogP contribution is -2.54. The lowest BCUT2D eigenvalue weighted by atomic mass is 10.1. The SMILES string of the molecule is CC[C@@H]1C(=O)N(C)c2cnc(Nc3ccc(N4CCN(CCOC)CC4)cc3OC)nc2N1C(C)C. The number of carbonyl (C=O) groups excluding carboxylic acids is 1. The zero-order valence-corrected chi connectivity index (χ0v) is 22.3. The molecule has 1 N–H and O–H groups in total. The largest absolute Gasteiger partial charge is 0.494 e. The summed E-state index contributed by atoms with van der Waals surface area (Å²) in [6.45, 7) is 11.9. The predicted molar refractivity (Wildman–Crippen MR) is 144 cm³/mol. The molecule has 10 nitrogen and oxygen atoms in total. The lowest BCUT2D eigenvalue weighted by Gasteiger charge is -2.42. The van der Waals surface area contributed by atoms with Gasteiger partial charge in [-0.3, -0.25) is 9.69 Å². The summed E-state index contributed by atoms with van der Waals surface area (Å²) in [4.78, 5) is 30.8. The molecule has 1 fully saturated rings. The average molecular weight is 498 g/mol. The summed E-state index contributed by atoms with van der Waals surface area (Å²) in [5.74, 6) is 2.03. The molecule has 2 aliphatic heterocycles. The quantitative estimate of drug-likeness (QED) is 0.562. The van der Waals surface area contributed by atoms with Gasteiger partial charge in [0.15, 0.2) is 5.82 Å². The zero-order valence-electron chi connectivity index (χ0n) is 22.3. The monoisotopic (exact) mass is 497 g/mol. The molecule has 0 unspecified atom stereocenters. The zero-order chi connectivity index (χ0) is 25.8. The minimum absolute atomic E-state index is 0.0693. The van der Waals surface area contributed by atoms with Crippen molar-refractivity contribution < 1.29 is 14.3 Å². The Morgan fingerprint density at radius 3 is 2.56 bits per heavy atom. The Hall–Kier alpha value is -3.11. The molecule has 0 spiro atoms. The second-order valence-electron chi connectivity index (χ2n) is 9.56. The highest BCUT2D eigenvalue weighted by molar-refractivity contribution is 6.04. The van der Waals surface area contributed by atoms with Crippen molar-refractivity contribution >= 4 is 34.7 Å². The van der Waals surface area contributed by atoms with Crippen LogP contribution in [-0.2, 0) is 9.53 Å². The van der Waals surface area contributed by atoms with Gasteiger partial charge in [-0.15, -0.1) is 0 Å². The molecular formula is C26H39N7O3. The summed E-state index contributed by atoms with van der Waals surface area (Å²) in [6.07, 6.45) is 2.43. The number of hydrogen-bond donors (Lipinski definition) is 1. The van der Waals surface area contributed by atoms with Gasteiger partial charge in [0.05, 0.1) is 25.6 Å². The normalized spacial score (nSPS) is 18.6. The van der Waals surface area contributed by atoms with Crippen LogP contribution >= 0.6 is 0 Å². The summed E-state index contributed by atoms with van der Waals surface area (Å²) < 4.78 is 10.9. The summed E-state index contributed by atoms with van der Waals surface area (Å²) in [7, 11) is 5.21. The third kappa shape index (κ3) is 5.19. The first-order valence-electron chi connectivity index (χ1n) is 12.7. The molecule has 0 radical (unpaired) electrons. The number of likely N-dealkylation sites (N-methyl/N-ethyl adjacent to an activating group) is 1. The number of carbonyl (C=O) groups is 1. The van der Waals surface area contributed by atoms with Crippen LogP contribution in [0.4, 0.5) is 28.8 Å². The van der Waals surface area contributed by atoms with Crippen LogP contribution in [-0.4, -0.2) is 93.5 Å². The van der Waals surface area contributed by atoms with Crippen LogP contribution in [0.3, 0.4) is 0 Å². The van der Waals surface area contributed by atoms with Crippen molar-refractivity contribution in [3.8, 4) is 5.75 Å². The van der Waals surface area contributed by atoms with Crippen molar-refractivity contribution in [2.75, 3.05) is 80.6 Å². The molecule has 10 heteroatoms. The number of benzene rings is 1. The van der Waals surface area contributed by atoms with E-state index in [0.717, 1.165) is 68.0 Å². The molecule has 1 amide bonds. The van der Waals surface area contributed by atoms with Crippen LogP contribution in [0.25, 0.3) is 0 Å². The maximum absolute atomic E-state index is 12.9. The highest BCUT2D eigenvalue weighted by atomic mass is 16.5. The van der Waals surface area contributed by atoms with Crippen molar-refractivity contribution in [2.45, 2.75) is 39.3 Å². The number of anilines is 5. The molecule has 1 aromatic carbocycles. The first-order valence-corrected chi connectivity index (χ1v) is 12.7. The number of nitrogens with one attached hydrogen (secondary N) is 1. The Morgan fingerprint density at radius 1 is 1.17 bits per heavy atom.